The van der Waals surface area contributed by atoms with Gasteiger partial charge in [-0.05, 0) is 36.4 Å². The van der Waals surface area contributed by atoms with E-state index < -0.39 is 5.91 Å². The maximum Gasteiger partial charge on any atom is 0.294 e. The normalized spacial score (nSPS) is 15.0. The number of fused-ring (bicyclic) bond motifs is 1. The monoisotopic (exact) mass is 350 g/mol. The van der Waals surface area contributed by atoms with Crippen molar-refractivity contribution < 1.29 is 18.3 Å². The molecule has 4 rings (SSSR count). The Hall–Kier alpha value is -3.54. The van der Waals surface area contributed by atoms with Crippen LogP contribution >= 0.6 is 0 Å². The molecule has 2 N–H and O–H groups in total. The summed E-state index contributed by atoms with van der Waals surface area (Å²) in [5, 5.41) is 0. The van der Waals surface area contributed by atoms with E-state index in [2.05, 4.69) is 0 Å². The Balaban J connectivity index is 1.78. The number of furan rings is 1. The molecular weight excluding hydrogens is 335 g/mol. The molecule has 0 atom stereocenters. The molecule has 26 heavy (non-hydrogen) atoms. The molecule has 1 amide bonds. The lowest BCUT2D eigenvalue weighted by Crippen LogP contribution is -2.37. The van der Waals surface area contributed by atoms with Crippen molar-refractivity contribution in [2.24, 2.45) is 0 Å². The third-order valence-corrected chi connectivity index (χ3v) is 4.05. The number of hydrogen-bond donors (Lipinski definition) is 1. The molecular formula is C20H15FN2O3. The van der Waals surface area contributed by atoms with Gasteiger partial charge in [0.15, 0.2) is 11.5 Å². The number of amides is 1. The fourth-order valence-corrected chi connectivity index (χ4v) is 2.78. The van der Waals surface area contributed by atoms with Gasteiger partial charge in [-0.2, -0.15) is 0 Å². The summed E-state index contributed by atoms with van der Waals surface area (Å²) in [5.41, 5.74) is 7.24. The SMILES string of the molecule is Nc1ccc2c(c1)N(Cc1ccccc1F)C(=O)/C(=C\c1ccco1)O2. The van der Waals surface area contributed by atoms with E-state index in [-0.39, 0.29) is 18.1 Å². The van der Waals surface area contributed by atoms with Gasteiger partial charge in [-0.15, -0.1) is 0 Å². The number of nitrogens with zero attached hydrogens (tertiary/aromatic N) is 1. The summed E-state index contributed by atoms with van der Waals surface area (Å²) < 4.78 is 25.1. The first-order chi connectivity index (χ1) is 12.6. The van der Waals surface area contributed by atoms with E-state index in [0.29, 0.717) is 28.4 Å². The van der Waals surface area contributed by atoms with Crippen LogP contribution in [0.15, 0.2) is 71.0 Å². The Bertz CT molecular complexity index is 996. The van der Waals surface area contributed by atoms with E-state index in [1.165, 1.54) is 23.3 Å². The highest BCUT2D eigenvalue weighted by molar-refractivity contribution is 6.09. The van der Waals surface area contributed by atoms with Gasteiger partial charge in [-0.3, -0.25) is 9.69 Å². The highest BCUT2D eigenvalue weighted by Gasteiger charge is 2.31. The third kappa shape index (κ3) is 2.93. The molecule has 0 unspecified atom stereocenters. The summed E-state index contributed by atoms with van der Waals surface area (Å²) in [6.45, 7) is 0.0564. The van der Waals surface area contributed by atoms with Crippen molar-refractivity contribution in [3.63, 3.8) is 0 Å². The minimum absolute atomic E-state index is 0.0564. The average molecular weight is 350 g/mol. The van der Waals surface area contributed by atoms with Crippen LogP contribution in [-0.4, -0.2) is 5.91 Å². The standard InChI is InChI=1S/C20H15FN2O3/c21-16-6-2-1-4-13(16)12-23-17-10-14(22)7-8-18(17)26-19(20(23)24)11-15-5-3-9-25-15/h1-11H,12,22H2/b19-11+. The van der Waals surface area contributed by atoms with E-state index in [1.54, 1.807) is 48.5 Å². The smallest absolute Gasteiger partial charge is 0.294 e. The van der Waals surface area contributed by atoms with Crippen LogP contribution in [0.2, 0.25) is 0 Å². The molecule has 6 heteroatoms. The molecule has 0 spiro atoms. The number of nitrogens with two attached hydrogens (primary N) is 1. The molecule has 0 fully saturated rings. The third-order valence-electron chi connectivity index (χ3n) is 4.05. The molecule has 0 radical (unpaired) electrons. The van der Waals surface area contributed by atoms with Gasteiger partial charge in [0.2, 0.25) is 0 Å². The minimum Gasteiger partial charge on any atom is -0.465 e. The molecule has 5 nitrogen and oxygen atoms in total. The summed E-state index contributed by atoms with van der Waals surface area (Å²) in [5.74, 6) is 0.260. The average Bonchev–Trinajstić information content (AvgIpc) is 3.14. The first kappa shape index (κ1) is 16.0. The molecule has 1 aromatic heterocycles. The van der Waals surface area contributed by atoms with Crippen molar-refractivity contribution in [2.75, 3.05) is 10.6 Å². The van der Waals surface area contributed by atoms with E-state index in [9.17, 15) is 9.18 Å². The first-order valence-electron chi connectivity index (χ1n) is 7.99. The zero-order chi connectivity index (χ0) is 18.1. The summed E-state index contributed by atoms with van der Waals surface area (Å²) in [7, 11) is 0. The summed E-state index contributed by atoms with van der Waals surface area (Å²) in [6.07, 6.45) is 3.02. The molecule has 0 saturated carbocycles. The van der Waals surface area contributed by atoms with Crippen LogP contribution in [0.3, 0.4) is 0 Å². The number of anilines is 2. The number of nitrogen functional groups attached to an aromatic ring is 1. The second-order valence-electron chi connectivity index (χ2n) is 5.84. The number of hydrogen-bond acceptors (Lipinski definition) is 4. The van der Waals surface area contributed by atoms with Crippen LogP contribution in [0.5, 0.6) is 5.75 Å². The fraction of sp³-hybridized carbons (Fsp3) is 0.0500. The van der Waals surface area contributed by atoms with Gasteiger partial charge >= 0.3 is 0 Å². The van der Waals surface area contributed by atoms with Gasteiger partial charge in [0.1, 0.15) is 11.6 Å². The zero-order valence-corrected chi connectivity index (χ0v) is 13.7. The van der Waals surface area contributed by atoms with Gasteiger partial charge in [-0.1, -0.05) is 18.2 Å². The largest absolute Gasteiger partial charge is 0.465 e. The number of carbonyl (C=O) groups excluding carboxylic acids is 1. The van der Waals surface area contributed by atoms with E-state index in [4.69, 9.17) is 14.9 Å². The Morgan fingerprint density at radius 3 is 2.73 bits per heavy atom. The second-order valence-corrected chi connectivity index (χ2v) is 5.84. The van der Waals surface area contributed by atoms with E-state index >= 15 is 0 Å². The Labute approximate surface area is 149 Å². The van der Waals surface area contributed by atoms with Gasteiger partial charge in [0.25, 0.3) is 5.91 Å². The number of rotatable bonds is 3. The van der Waals surface area contributed by atoms with Crippen LogP contribution in [-0.2, 0) is 11.3 Å². The van der Waals surface area contributed by atoms with Crippen molar-refractivity contribution in [3.05, 3.63) is 83.8 Å². The number of halogens is 1. The van der Waals surface area contributed by atoms with Crippen LogP contribution in [0.25, 0.3) is 6.08 Å². The maximum absolute atomic E-state index is 14.1. The van der Waals surface area contributed by atoms with Crippen molar-refractivity contribution in [1.82, 2.24) is 0 Å². The summed E-state index contributed by atoms with van der Waals surface area (Å²) in [6, 6.07) is 14.8. The Morgan fingerprint density at radius 1 is 1.12 bits per heavy atom. The highest BCUT2D eigenvalue weighted by Crippen LogP contribution is 2.38. The van der Waals surface area contributed by atoms with Gasteiger partial charge < -0.3 is 14.9 Å². The lowest BCUT2D eigenvalue weighted by atomic mass is 10.1. The van der Waals surface area contributed by atoms with Crippen molar-refractivity contribution in [2.45, 2.75) is 6.54 Å². The van der Waals surface area contributed by atoms with Crippen molar-refractivity contribution in [3.8, 4) is 5.75 Å². The predicted octanol–water partition coefficient (Wildman–Crippen LogP) is 3.97. The van der Waals surface area contributed by atoms with Crippen LogP contribution in [0.4, 0.5) is 15.8 Å². The first-order valence-corrected chi connectivity index (χ1v) is 7.99. The molecule has 0 aliphatic carbocycles. The Morgan fingerprint density at radius 2 is 1.96 bits per heavy atom. The van der Waals surface area contributed by atoms with Crippen molar-refractivity contribution >= 4 is 23.4 Å². The number of benzene rings is 2. The molecule has 2 aromatic carbocycles. The quantitative estimate of drug-likeness (QED) is 0.573. The topological polar surface area (TPSA) is 68.7 Å². The van der Waals surface area contributed by atoms with Crippen LogP contribution < -0.4 is 15.4 Å². The minimum atomic E-state index is -0.400. The predicted molar refractivity (Wildman–Crippen MR) is 95.8 cm³/mol. The second kappa shape index (κ2) is 6.40. The van der Waals surface area contributed by atoms with Crippen molar-refractivity contribution in [1.29, 1.82) is 0 Å². The summed E-state index contributed by atoms with van der Waals surface area (Å²) in [4.78, 5) is 14.4. The van der Waals surface area contributed by atoms with Gasteiger partial charge in [0, 0.05) is 17.3 Å². The van der Waals surface area contributed by atoms with Gasteiger partial charge in [0.05, 0.1) is 18.5 Å². The number of ether oxygens (including phenoxy) is 1. The zero-order valence-electron chi connectivity index (χ0n) is 13.7. The maximum atomic E-state index is 14.1. The van der Waals surface area contributed by atoms with Gasteiger partial charge in [-0.25, -0.2) is 4.39 Å². The molecule has 3 aromatic rings. The Kier molecular flexibility index (Phi) is 3.93. The highest BCUT2D eigenvalue weighted by atomic mass is 19.1. The lowest BCUT2D eigenvalue weighted by Gasteiger charge is -2.30. The fourth-order valence-electron chi connectivity index (χ4n) is 2.78. The molecule has 0 saturated heterocycles. The van der Waals surface area contributed by atoms with E-state index in [0.717, 1.165) is 0 Å². The van der Waals surface area contributed by atoms with Crippen LogP contribution in [0.1, 0.15) is 11.3 Å². The molecule has 1 aliphatic heterocycles. The molecule has 0 bridgehead atoms. The number of carbonyl (C=O) groups is 1. The van der Waals surface area contributed by atoms with E-state index in [1.807, 2.05) is 0 Å². The lowest BCUT2D eigenvalue weighted by molar-refractivity contribution is -0.117. The molecule has 2 heterocycles. The van der Waals surface area contributed by atoms with Crippen LogP contribution in [0, 0.1) is 5.82 Å². The molecule has 1 aliphatic rings. The molecule has 130 valence electrons. The summed E-state index contributed by atoms with van der Waals surface area (Å²) >= 11 is 0.